The van der Waals surface area contributed by atoms with Gasteiger partial charge in [-0.2, -0.15) is 0 Å². The van der Waals surface area contributed by atoms with E-state index in [0.29, 0.717) is 5.92 Å². The van der Waals surface area contributed by atoms with Crippen LogP contribution in [0.4, 0.5) is 0 Å². The number of aromatic nitrogens is 1. The van der Waals surface area contributed by atoms with Crippen LogP contribution in [-0.4, -0.2) is 33.7 Å². The summed E-state index contributed by atoms with van der Waals surface area (Å²) < 4.78 is 0. The Balaban J connectivity index is 1.99. The molecule has 0 spiro atoms. The predicted octanol–water partition coefficient (Wildman–Crippen LogP) is 2.06. The van der Waals surface area contributed by atoms with Gasteiger partial charge in [-0.25, -0.2) is 0 Å². The molecule has 0 bridgehead atoms. The molecular weight excluding hydrogens is 212 g/mol. The topological polar surface area (TPSA) is 36.4 Å². The van der Waals surface area contributed by atoms with Gasteiger partial charge in [0, 0.05) is 25.5 Å². The Kier molecular flexibility index (Phi) is 3.79. The highest BCUT2D eigenvalue weighted by atomic mass is 16.3. The predicted molar refractivity (Wildman–Crippen MR) is 68.5 cm³/mol. The lowest BCUT2D eigenvalue weighted by Gasteiger charge is -2.41. The first-order valence-electron chi connectivity index (χ1n) is 6.44. The Morgan fingerprint density at radius 2 is 2.12 bits per heavy atom. The van der Waals surface area contributed by atoms with Crippen molar-refractivity contribution in [2.75, 3.05) is 13.1 Å². The highest BCUT2D eigenvalue weighted by Gasteiger charge is 2.35. The van der Waals surface area contributed by atoms with Crippen molar-refractivity contribution >= 4 is 0 Å². The maximum atomic E-state index is 10.5. The van der Waals surface area contributed by atoms with Gasteiger partial charge in [-0.3, -0.25) is 9.88 Å². The Bertz CT molecular complexity index is 352. The quantitative estimate of drug-likeness (QED) is 0.869. The molecule has 3 heteroatoms. The average Bonchev–Trinajstić information content (AvgIpc) is 2.30. The van der Waals surface area contributed by atoms with E-state index in [2.05, 4.69) is 23.7 Å². The van der Waals surface area contributed by atoms with Crippen LogP contribution < -0.4 is 0 Å². The molecule has 2 heterocycles. The van der Waals surface area contributed by atoms with Crippen molar-refractivity contribution in [1.82, 2.24) is 9.88 Å². The van der Waals surface area contributed by atoms with Crippen LogP contribution in [-0.2, 0) is 6.54 Å². The lowest BCUT2D eigenvalue weighted by Crippen LogP contribution is -2.50. The molecule has 1 N–H and O–H groups in total. The molecule has 0 aromatic carbocycles. The van der Waals surface area contributed by atoms with Gasteiger partial charge in [0.05, 0.1) is 5.60 Å². The van der Waals surface area contributed by atoms with Gasteiger partial charge < -0.3 is 5.11 Å². The van der Waals surface area contributed by atoms with Crippen LogP contribution in [0.1, 0.15) is 32.3 Å². The van der Waals surface area contributed by atoms with E-state index in [1.54, 1.807) is 0 Å². The third kappa shape index (κ3) is 3.05. The first-order valence-corrected chi connectivity index (χ1v) is 6.44. The second-order valence-corrected chi connectivity index (χ2v) is 5.43. The first kappa shape index (κ1) is 12.5. The molecule has 0 amide bonds. The molecule has 1 aliphatic heterocycles. The molecule has 1 saturated heterocycles. The average molecular weight is 234 g/mol. The van der Waals surface area contributed by atoms with Crippen molar-refractivity contribution in [3.63, 3.8) is 0 Å². The van der Waals surface area contributed by atoms with E-state index in [1.807, 2.05) is 24.5 Å². The van der Waals surface area contributed by atoms with Crippen molar-refractivity contribution < 1.29 is 5.11 Å². The summed E-state index contributed by atoms with van der Waals surface area (Å²) in [5.74, 6) is 0.322. The van der Waals surface area contributed by atoms with E-state index in [1.165, 1.54) is 5.56 Å². The Morgan fingerprint density at radius 3 is 2.76 bits per heavy atom. The maximum absolute atomic E-state index is 10.5. The third-order valence-electron chi connectivity index (χ3n) is 3.81. The Labute approximate surface area is 103 Å². The fraction of sp³-hybridized carbons (Fsp3) is 0.643. The molecule has 0 saturated carbocycles. The molecule has 1 aliphatic rings. The summed E-state index contributed by atoms with van der Waals surface area (Å²) in [7, 11) is 0. The van der Waals surface area contributed by atoms with Gasteiger partial charge in [0.2, 0.25) is 0 Å². The highest BCUT2D eigenvalue weighted by molar-refractivity contribution is 5.09. The first-order chi connectivity index (χ1) is 8.10. The summed E-state index contributed by atoms with van der Waals surface area (Å²) in [6.07, 6.45) is 5.67. The van der Waals surface area contributed by atoms with Gasteiger partial charge in [0.15, 0.2) is 0 Å². The number of rotatable bonds is 3. The normalized spacial score (nSPS) is 26.4. The summed E-state index contributed by atoms with van der Waals surface area (Å²) in [6, 6.07) is 4.09. The van der Waals surface area contributed by atoms with Crippen LogP contribution in [0.2, 0.25) is 0 Å². The second-order valence-electron chi connectivity index (χ2n) is 5.43. The van der Waals surface area contributed by atoms with E-state index in [9.17, 15) is 5.11 Å². The van der Waals surface area contributed by atoms with Crippen LogP contribution in [0.5, 0.6) is 0 Å². The standard InChI is InChI=1S/C14H22N2O/c1-12(2)14(17)6-3-9-16(11-14)10-13-4-7-15-8-5-13/h4-5,7-8,12,17H,3,6,9-11H2,1-2H3. The zero-order chi connectivity index (χ0) is 12.3. The summed E-state index contributed by atoms with van der Waals surface area (Å²) in [5, 5.41) is 10.5. The molecule has 2 rings (SSSR count). The summed E-state index contributed by atoms with van der Waals surface area (Å²) in [5.41, 5.74) is 0.763. The van der Waals surface area contributed by atoms with Crippen molar-refractivity contribution in [3.8, 4) is 0 Å². The molecule has 1 atom stereocenters. The second kappa shape index (κ2) is 5.15. The fourth-order valence-electron chi connectivity index (χ4n) is 2.51. The van der Waals surface area contributed by atoms with E-state index < -0.39 is 5.60 Å². The molecule has 0 radical (unpaired) electrons. The molecule has 0 aliphatic carbocycles. The molecular formula is C14H22N2O. The summed E-state index contributed by atoms with van der Waals surface area (Å²) >= 11 is 0. The monoisotopic (exact) mass is 234 g/mol. The van der Waals surface area contributed by atoms with Crippen LogP contribution in [0, 0.1) is 5.92 Å². The highest BCUT2D eigenvalue weighted by Crippen LogP contribution is 2.28. The number of nitrogens with zero attached hydrogens (tertiary/aromatic N) is 2. The lowest BCUT2D eigenvalue weighted by molar-refractivity contribution is -0.0666. The SMILES string of the molecule is CC(C)C1(O)CCCN(Cc2ccncc2)C1. The molecule has 3 nitrogen and oxygen atoms in total. The van der Waals surface area contributed by atoms with Crippen molar-refractivity contribution in [3.05, 3.63) is 30.1 Å². The third-order valence-corrected chi connectivity index (χ3v) is 3.81. The lowest BCUT2D eigenvalue weighted by atomic mass is 9.83. The summed E-state index contributed by atoms with van der Waals surface area (Å²) in [4.78, 5) is 6.37. The van der Waals surface area contributed by atoms with Gasteiger partial charge in [-0.1, -0.05) is 13.8 Å². The van der Waals surface area contributed by atoms with Crippen molar-refractivity contribution in [2.45, 2.75) is 38.8 Å². The number of pyridine rings is 1. The van der Waals surface area contributed by atoms with Crippen LogP contribution in [0.3, 0.4) is 0 Å². The van der Waals surface area contributed by atoms with E-state index in [0.717, 1.165) is 32.5 Å². The van der Waals surface area contributed by atoms with E-state index >= 15 is 0 Å². The molecule has 1 unspecified atom stereocenters. The Morgan fingerprint density at radius 1 is 1.41 bits per heavy atom. The zero-order valence-electron chi connectivity index (χ0n) is 10.8. The number of aliphatic hydroxyl groups is 1. The number of piperidine rings is 1. The maximum Gasteiger partial charge on any atom is 0.0797 e. The molecule has 1 fully saturated rings. The zero-order valence-corrected chi connectivity index (χ0v) is 10.8. The van der Waals surface area contributed by atoms with Crippen LogP contribution in [0.15, 0.2) is 24.5 Å². The number of hydrogen-bond donors (Lipinski definition) is 1. The van der Waals surface area contributed by atoms with Crippen molar-refractivity contribution in [1.29, 1.82) is 0 Å². The van der Waals surface area contributed by atoms with Crippen molar-refractivity contribution in [2.24, 2.45) is 5.92 Å². The number of likely N-dealkylation sites (tertiary alicyclic amines) is 1. The molecule has 1 aromatic heterocycles. The largest absolute Gasteiger partial charge is 0.388 e. The van der Waals surface area contributed by atoms with E-state index in [4.69, 9.17) is 0 Å². The Hall–Kier alpha value is -0.930. The molecule has 1 aromatic rings. The fourth-order valence-corrected chi connectivity index (χ4v) is 2.51. The smallest absolute Gasteiger partial charge is 0.0797 e. The van der Waals surface area contributed by atoms with Gasteiger partial charge in [-0.05, 0) is 43.0 Å². The minimum atomic E-state index is -0.509. The van der Waals surface area contributed by atoms with E-state index in [-0.39, 0.29) is 0 Å². The van der Waals surface area contributed by atoms with Gasteiger partial charge in [0.25, 0.3) is 0 Å². The van der Waals surface area contributed by atoms with Gasteiger partial charge >= 0.3 is 0 Å². The number of β-amino-alcohol motifs (C(OH)–C–C–N with tert-alkyl or cyclic N) is 1. The summed E-state index contributed by atoms with van der Waals surface area (Å²) in [6.45, 7) is 6.99. The minimum Gasteiger partial charge on any atom is -0.388 e. The van der Waals surface area contributed by atoms with Gasteiger partial charge in [-0.15, -0.1) is 0 Å². The van der Waals surface area contributed by atoms with Crippen LogP contribution in [0.25, 0.3) is 0 Å². The minimum absolute atomic E-state index is 0.322. The van der Waals surface area contributed by atoms with Crippen LogP contribution >= 0.6 is 0 Å². The molecule has 94 valence electrons. The number of hydrogen-bond acceptors (Lipinski definition) is 3. The van der Waals surface area contributed by atoms with Gasteiger partial charge in [0.1, 0.15) is 0 Å². The molecule has 17 heavy (non-hydrogen) atoms.